The minimum Gasteiger partial charge on any atom is -0.480 e. The molecule has 0 aliphatic carbocycles. The van der Waals surface area contributed by atoms with Crippen LogP contribution in [-0.4, -0.2) is 50.3 Å². The van der Waals surface area contributed by atoms with E-state index in [1.807, 2.05) is 18.7 Å². The second-order valence-corrected chi connectivity index (χ2v) is 5.12. The van der Waals surface area contributed by atoms with E-state index >= 15 is 0 Å². The van der Waals surface area contributed by atoms with Gasteiger partial charge in [-0.1, -0.05) is 0 Å². The predicted molar refractivity (Wildman–Crippen MR) is 51.1 cm³/mol. The number of carbonyl (C=O) groups is 1. The first-order chi connectivity index (χ1) is 6.02. The Morgan fingerprint density at radius 3 is 2.69 bits per heavy atom. The number of nitrogens with zero attached hydrogens (tertiary/aromatic N) is 1. The van der Waals surface area contributed by atoms with Crippen molar-refractivity contribution in [3.8, 4) is 0 Å². The molecule has 4 nitrogen and oxygen atoms in total. The van der Waals surface area contributed by atoms with Gasteiger partial charge in [0, 0.05) is 34.9 Å². The molecule has 2 unspecified atom stereocenters. The summed E-state index contributed by atoms with van der Waals surface area (Å²) in [5, 5.41) is 8.90. The van der Waals surface area contributed by atoms with Crippen LogP contribution >= 0.6 is 0 Å². The van der Waals surface area contributed by atoms with Crippen LogP contribution in [0, 0.1) is 0 Å². The Morgan fingerprint density at radius 1 is 1.62 bits per heavy atom. The van der Waals surface area contributed by atoms with Crippen LogP contribution < -0.4 is 0 Å². The van der Waals surface area contributed by atoms with Gasteiger partial charge in [-0.25, -0.2) is 0 Å². The Hall–Kier alpha value is -0.420. The van der Waals surface area contributed by atoms with Crippen LogP contribution in [0.3, 0.4) is 0 Å². The van der Waals surface area contributed by atoms with Crippen LogP contribution in [0.5, 0.6) is 0 Å². The van der Waals surface area contributed by atoms with E-state index < -0.39 is 22.8 Å². The fraction of sp³-hybridized carbons (Fsp3) is 0.875. The lowest BCUT2D eigenvalue weighted by molar-refractivity contribution is -0.143. The zero-order chi connectivity index (χ0) is 10.0. The average Bonchev–Trinajstić information content (AvgIpc) is 2.03. The van der Waals surface area contributed by atoms with Crippen molar-refractivity contribution < 1.29 is 14.1 Å². The van der Waals surface area contributed by atoms with Gasteiger partial charge in [0.15, 0.2) is 0 Å². The normalized spacial score (nSPS) is 30.7. The van der Waals surface area contributed by atoms with Crippen LogP contribution in [0.4, 0.5) is 0 Å². The molecule has 0 bridgehead atoms. The number of aliphatic carboxylic acids is 1. The fourth-order valence-electron chi connectivity index (χ4n) is 1.55. The first kappa shape index (κ1) is 10.7. The van der Waals surface area contributed by atoms with Gasteiger partial charge in [-0.3, -0.25) is 13.9 Å². The van der Waals surface area contributed by atoms with Gasteiger partial charge >= 0.3 is 5.97 Å². The molecule has 5 heteroatoms. The van der Waals surface area contributed by atoms with Crippen LogP contribution in [0.25, 0.3) is 0 Å². The summed E-state index contributed by atoms with van der Waals surface area (Å²) in [6.45, 7) is 4.55. The molecule has 0 radical (unpaired) electrons. The van der Waals surface area contributed by atoms with Gasteiger partial charge in [-0.2, -0.15) is 0 Å². The Bertz CT molecular complexity index is 229. The smallest absolute Gasteiger partial charge is 0.321 e. The van der Waals surface area contributed by atoms with E-state index in [0.29, 0.717) is 12.3 Å². The number of hydrogen-bond acceptors (Lipinski definition) is 3. The standard InChI is InChI=1S/C8H15NO3S/c1-6(2)9-3-4-13(12)5-7(9)8(10)11/h6-7H,3-5H2,1-2H3,(H,10,11). The zero-order valence-corrected chi connectivity index (χ0v) is 8.71. The highest BCUT2D eigenvalue weighted by molar-refractivity contribution is 7.85. The fourth-order valence-corrected chi connectivity index (χ4v) is 2.82. The quantitative estimate of drug-likeness (QED) is 0.684. The van der Waals surface area contributed by atoms with Gasteiger partial charge in [0.25, 0.3) is 0 Å². The Morgan fingerprint density at radius 2 is 2.23 bits per heavy atom. The molecule has 2 atom stereocenters. The van der Waals surface area contributed by atoms with Gasteiger partial charge in [0.05, 0.1) is 0 Å². The molecule has 1 heterocycles. The zero-order valence-electron chi connectivity index (χ0n) is 7.90. The molecule has 1 saturated heterocycles. The number of rotatable bonds is 2. The first-order valence-corrected chi connectivity index (χ1v) is 5.84. The first-order valence-electron chi connectivity index (χ1n) is 4.36. The highest BCUT2D eigenvalue weighted by atomic mass is 32.2. The highest BCUT2D eigenvalue weighted by Crippen LogP contribution is 2.12. The summed E-state index contributed by atoms with van der Waals surface area (Å²) in [6.07, 6.45) is 0. The molecule has 0 aromatic carbocycles. The molecular weight excluding hydrogens is 190 g/mol. The molecule has 0 amide bonds. The minimum atomic E-state index is -0.951. The van der Waals surface area contributed by atoms with Gasteiger partial charge < -0.3 is 5.11 Å². The van der Waals surface area contributed by atoms with Crippen molar-refractivity contribution in [2.75, 3.05) is 18.1 Å². The highest BCUT2D eigenvalue weighted by Gasteiger charge is 2.33. The maximum atomic E-state index is 11.2. The summed E-state index contributed by atoms with van der Waals surface area (Å²) in [4.78, 5) is 12.7. The Kier molecular flexibility index (Phi) is 3.44. The second-order valence-electron chi connectivity index (χ2n) is 3.50. The van der Waals surface area contributed by atoms with Crippen molar-refractivity contribution in [2.24, 2.45) is 0 Å². The topological polar surface area (TPSA) is 57.6 Å². The molecule has 1 rings (SSSR count). The van der Waals surface area contributed by atoms with Gasteiger partial charge in [0.1, 0.15) is 6.04 Å². The summed E-state index contributed by atoms with van der Waals surface area (Å²) < 4.78 is 11.2. The lowest BCUT2D eigenvalue weighted by Gasteiger charge is -2.35. The number of hydrogen-bond donors (Lipinski definition) is 1. The van der Waals surface area contributed by atoms with Gasteiger partial charge in [-0.15, -0.1) is 0 Å². The lowest BCUT2D eigenvalue weighted by Crippen LogP contribution is -2.53. The maximum absolute atomic E-state index is 11.2. The van der Waals surface area contributed by atoms with Crippen molar-refractivity contribution in [3.63, 3.8) is 0 Å². The van der Waals surface area contributed by atoms with Crippen molar-refractivity contribution in [3.05, 3.63) is 0 Å². The molecular formula is C8H15NO3S. The van der Waals surface area contributed by atoms with E-state index in [2.05, 4.69) is 0 Å². The summed E-state index contributed by atoms with van der Waals surface area (Å²) in [5.41, 5.74) is 0. The van der Waals surface area contributed by atoms with E-state index in [9.17, 15) is 9.00 Å². The summed E-state index contributed by atoms with van der Waals surface area (Å²) >= 11 is 0. The van der Waals surface area contributed by atoms with Crippen LogP contribution in [0.1, 0.15) is 13.8 Å². The molecule has 13 heavy (non-hydrogen) atoms. The van der Waals surface area contributed by atoms with E-state index in [-0.39, 0.29) is 11.8 Å². The van der Waals surface area contributed by atoms with Gasteiger partial charge in [-0.05, 0) is 13.8 Å². The van der Waals surface area contributed by atoms with E-state index in [4.69, 9.17) is 5.11 Å². The Labute approximate surface area is 80.4 Å². The third-order valence-electron chi connectivity index (χ3n) is 2.27. The second kappa shape index (κ2) is 4.19. The molecule has 1 fully saturated rings. The summed E-state index contributed by atoms with van der Waals surface area (Å²) in [7, 11) is -0.951. The van der Waals surface area contributed by atoms with Crippen molar-refractivity contribution >= 4 is 16.8 Å². The number of carboxylic acids is 1. The maximum Gasteiger partial charge on any atom is 0.321 e. The molecule has 1 N–H and O–H groups in total. The van der Waals surface area contributed by atoms with Crippen molar-refractivity contribution in [1.29, 1.82) is 0 Å². The van der Waals surface area contributed by atoms with E-state index in [1.165, 1.54) is 0 Å². The SMILES string of the molecule is CC(C)N1CCS(=O)CC1C(=O)O. The van der Waals surface area contributed by atoms with Crippen LogP contribution in [0.15, 0.2) is 0 Å². The minimum absolute atomic E-state index is 0.207. The molecule has 0 saturated carbocycles. The Balaban J connectivity index is 2.71. The molecule has 0 aromatic rings. The molecule has 76 valence electrons. The third-order valence-corrected chi connectivity index (χ3v) is 3.60. The molecule has 1 aliphatic heterocycles. The number of carboxylic acid groups (broad SMARTS) is 1. The van der Waals surface area contributed by atoms with Crippen molar-refractivity contribution in [2.45, 2.75) is 25.9 Å². The summed E-state index contributed by atoms with van der Waals surface area (Å²) in [6, 6.07) is -0.354. The largest absolute Gasteiger partial charge is 0.480 e. The predicted octanol–water partition coefficient (Wildman–Crippen LogP) is -0.0877. The monoisotopic (exact) mass is 205 g/mol. The van der Waals surface area contributed by atoms with Gasteiger partial charge in [0.2, 0.25) is 0 Å². The third kappa shape index (κ3) is 2.51. The molecule has 0 spiro atoms. The molecule has 0 aromatic heterocycles. The molecule has 1 aliphatic rings. The van der Waals surface area contributed by atoms with E-state index in [1.54, 1.807) is 0 Å². The summed E-state index contributed by atoms with van der Waals surface area (Å²) in [5.74, 6) is 0.0110. The average molecular weight is 205 g/mol. The lowest BCUT2D eigenvalue weighted by atomic mass is 10.2. The van der Waals surface area contributed by atoms with Crippen molar-refractivity contribution in [1.82, 2.24) is 4.90 Å². The van der Waals surface area contributed by atoms with Crippen LogP contribution in [0.2, 0.25) is 0 Å². The van der Waals surface area contributed by atoms with Crippen LogP contribution in [-0.2, 0) is 15.6 Å². The van der Waals surface area contributed by atoms with E-state index in [0.717, 1.165) is 0 Å².